The van der Waals surface area contributed by atoms with Crippen molar-refractivity contribution in [2.24, 2.45) is 5.41 Å². The molecule has 1 aromatic rings. The molecule has 7 heteroatoms. The zero-order chi connectivity index (χ0) is 15.0. The van der Waals surface area contributed by atoms with Gasteiger partial charge in [0.25, 0.3) is 0 Å². The summed E-state index contributed by atoms with van der Waals surface area (Å²) in [6.07, 6.45) is 0.982. The van der Waals surface area contributed by atoms with Gasteiger partial charge in [0.2, 0.25) is 11.8 Å². The van der Waals surface area contributed by atoms with Gasteiger partial charge in [0.05, 0.1) is 25.2 Å². The minimum Gasteiger partial charge on any atom is -0.379 e. The normalized spacial score (nSPS) is 24.4. The highest BCUT2D eigenvalue weighted by atomic mass is 16.5. The van der Waals surface area contributed by atoms with Crippen LogP contribution in [0.5, 0.6) is 0 Å². The number of amides is 1. The summed E-state index contributed by atoms with van der Waals surface area (Å²) in [5, 5.41) is 3.92. The molecule has 2 fully saturated rings. The average Bonchev–Trinajstić information content (AvgIpc) is 3.04. The lowest BCUT2D eigenvalue weighted by molar-refractivity contribution is -0.167. The number of likely N-dealkylation sites (N-methyl/N-ethyl adjacent to an activating group) is 1. The van der Waals surface area contributed by atoms with Crippen LogP contribution in [0.1, 0.15) is 25.1 Å². The van der Waals surface area contributed by atoms with Crippen LogP contribution in [-0.4, -0.2) is 65.2 Å². The van der Waals surface area contributed by atoms with Crippen LogP contribution >= 0.6 is 0 Å². The van der Waals surface area contributed by atoms with Crippen molar-refractivity contribution in [3.8, 4) is 0 Å². The second-order valence-corrected chi connectivity index (χ2v) is 6.39. The third-order valence-corrected chi connectivity index (χ3v) is 4.39. The predicted molar refractivity (Wildman–Crippen MR) is 74.4 cm³/mol. The quantitative estimate of drug-likeness (QED) is 0.803. The summed E-state index contributed by atoms with van der Waals surface area (Å²) in [6, 6.07) is 0.345. The van der Waals surface area contributed by atoms with E-state index in [-0.39, 0.29) is 11.3 Å². The van der Waals surface area contributed by atoms with Crippen molar-refractivity contribution in [3.63, 3.8) is 0 Å². The first-order chi connectivity index (χ1) is 9.98. The molecule has 0 spiro atoms. The number of aryl methyl sites for hydroxylation is 1. The molecule has 0 saturated carbocycles. The topological polar surface area (TPSA) is 71.7 Å². The van der Waals surface area contributed by atoms with Gasteiger partial charge in [-0.15, -0.1) is 0 Å². The van der Waals surface area contributed by atoms with Gasteiger partial charge >= 0.3 is 0 Å². The molecular formula is C14H22N4O3. The van der Waals surface area contributed by atoms with Crippen LogP contribution in [0.25, 0.3) is 0 Å². The van der Waals surface area contributed by atoms with Crippen molar-refractivity contribution < 1.29 is 14.1 Å². The molecule has 3 heterocycles. The van der Waals surface area contributed by atoms with Gasteiger partial charge in [0.1, 0.15) is 0 Å². The van der Waals surface area contributed by atoms with Crippen LogP contribution < -0.4 is 0 Å². The Kier molecular flexibility index (Phi) is 3.71. The first kappa shape index (κ1) is 14.5. The smallest absolute Gasteiger partial charge is 0.233 e. The fraction of sp³-hybridized carbons (Fsp3) is 0.786. The van der Waals surface area contributed by atoms with E-state index >= 15 is 0 Å². The Morgan fingerprint density at radius 3 is 2.86 bits per heavy atom. The lowest BCUT2D eigenvalue weighted by Crippen LogP contribution is -2.53. The van der Waals surface area contributed by atoms with E-state index in [1.165, 1.54) is 0 Å². The third kappa shape index (κ3) is 2.80. The number of ether oxygens (including phenoxy) is 1. The van der Waals surface area contributed by atoms with Gasteiger partial charge in [-0.1, -0.05) is 5.16 Å². The molecule has 2 saturated heterocycles. The maximum Gasteiger partial charge on any atom is 0.233 e. The van der Waals surface area contributed by atoms with E-state index in [0.29, 0.717) is 37.5 Å². The van der Waals surface area contributed by atoms with Gasteiger partial charge in [-0.3, -0.25) is 9.69 Å². The number of carbonyl (C=O) groups is 1. The molecular weight excluding hydrogens is 272 g/mol. The van der Waals surface area contributed by atoms with Gasteiger partial charge in [-0.2, -0.15) is 4.98 Å². The highest BCUT2D eigenvalue weighted by Gasteiger charge is 2.45. The SMILES string of the molecule is Cc1nc(CN(C)C2CCN(C(=O)C3(C)COC3)C2)no1. The summed E-state index contributed by atoms with van der Waals surface area (Å²) in [7, 11) is 2.04. The van der Waals surface area contributed by atoms with Gasteiger partial charge in [0, 0.05) is 26.1 Å². The van der Waals surface area contributed by atoms with E-state index < -0.39 is 0 Å². The monoisotopic (exact) mass is 294 g/mol. The second kappa shape index (κ2) is 5.38. The lowest BCUT2D eigenvalue weighted by Gasteiger charge is -2.39. The summed E-state index contributed by atoms with van der Waals surface area (Å²) in [5.41, 5.74) is -0.307. The van der Waals surface area contributed by atoms with Gasteiger partial charge < -0.3 is 14.2 Å². The fourth-order valence-electron chi connectivity index (χ4n) is 2.96. The highest BCUT2D eigenvalue weighted by molar-refractivity contribution is 5.83. The Morgan fingerprint density at radius 1 is 1.52 bits per heavy atom. The molecule has 7 nitrogen and oxygen atoms in total. The van der Waals surface area contributed by atoms with Crippen molar-refractivity contribution in [3.05, 3.63) is 11.7 Å². The summed E-state index contributed by atoms with van der Waals surface area (Å²) < 4.78 is 10.2. The second-order valence-electron chi connectivity index (χ2n) is 6.39. The number of nitrogens with zero attached hydrogens (tertiary/aromatic N) is 4. The summed E-state index contributed by atoms with van der Waals surface area (Å²) >= 11 is 0. The van der Waals surface area contributed by atoms with Crippen LogP contribution in [0.2, 0.25) is 0 Å². The first-order valence-corrected chi connectivity index (χ1v) is 7.34. The van der Waals surface area contributed by atoms with Crippen molar-refractivity contribution in [1.29, 1.82) is 0 Å². The molecule has 0 radical (unpaired) electrons. The van der Waals surface area contributed by atoms with Crippen LogP contribution in [0, 0.1) is 12.3 Å². The number of aromatic nitrogens is 2. The number of hydrogen-bond acceptors (Lipinski definition) is 6. The molecule has 0 aliphatic carbocycles. The van der Waals surface area contributed by atoms with E-state index in [1.54, 1.807) is 6.92 Å². The first-order valence-electron chi connectivity index (χ1n) is 7.34. The van der Waals surface area contributed by atoms with Crippen LogP contribution in [-0.2, 0) is 16.1 Å². The number of likely N-dealkylation sites (tertiary alicyclic amines) is 1. The van der Waals surface area contributed by atoms with Gasteiger partial charge in [-0.25, -0.2) is 0 Å². The molecule has 2 aliphatic heterocycles. The Morgan fingerprint density at radius 2 is 2.29 bits per heavy atom. The Hall–Kier alpha value is -1.47. The fourth-order valence-corrected chi connectivity index (χ4v) is 2.96. The molecule has 1 atom stereocenters. The minimum absolute atomic E-state index is 0.222. The highest BCUT2D eigenvalue weighted by Crippen LogP contribution is 2.31. The van der Waals surface area contributed by atoms with E-state index in [2.05, 4.69) is 15.0 Å². The number of carbonyl (C=O) groups excluding carboxylic acids is 1. The molecule has 1 aromatic heterocycles. The predicted octanol–water partition coefficient (Wildman–Crippen LogP) is 0.447. The zero-order valence-electron chi connectivity index (χ0n) is 12.8. The molecule has 116 valence electrons. The largest absolute Gasteiger partial charge is 0.379 e. The van der Waals surface area contributed by atoms with Crippen LogP contribution in [0.4, 0.5) is 0 Å². The maximum atomic E-state index is 12.5. The minimum atomic E-state index is -0.307. The number of rotatable bonds is 4. The van der Waals surface area contributed by atoms with Gasteiger partial charge in [0.15, 0.2) is 5.82 Å². The molecule has 0 bridgehead atoms. The molecule has 0 aromatic carbocycles. The molecule has 1 unspecified atom stereocenters. The molecule has 1 amide bonds. The molecule has 2 aliphatic rings. The molecule has 3 rings (SSSR count). The van der Waals surface area contributed by atoms with Crippen molar-refractivity contribution in [2.45, 2.75) is 32.9 Å². The maximum absolute atomic E-state index is 12.5. The third-order valence-electron chi connectivity index (χ3n) is 4.39. The standard InChI is InChI=1S/C14H22N4O3/c1-10-15-12(16-21-10)7-17(3)11-4-5-18(6-11)13(19)14(2)8-20-9-14/h11H,4-9H2,1-3H3. The van der Waals surface area contributed by atoms with Crippen molar-refractivity contribution >= 4 is 5.91 Å². The summed E-state index contributed by atoms with van der Waals surface area (Å²) in [5.74, 6) is 1.50. The summed E-state index contributed by atoms with van der Waals surface area (Å²) in [6.45, 7) is 7.09. The van der Waals surface area contributed by atoms with E-state index in [0.717, 1.165) is 19.5 Å². The van der Waals surface area contributed by atoms with Crippen LogP contribution in [0.15, 0.2) is 4.52 Å². The van der Waals surface area contributed by atoms with E-state index in [9.17, 15) is 4.79 Å². The van der Waals surface area contributed by atoms with Crippen molar-refractivity contribution in [1.82, 2.24) is 19.9 Å². The Bertz CT molecular complexity index is 526. The van der Waals surface area contributed by atoms with Crippen molar-refractivity contribution in [2.75, 3.05) is 33.4 Å². The Balaban J connectivity index is 1.55. The lowest BCUT2D eigenvalue weighted by atomic mass is 9.87. The number of hydrogen-bond donors (Lipinski definition) is 0. The molecule has 21 heavy (non-hydrogen) atoms. The molecule has 0 N–H and O–H groups in total. The van der Waals surface area contributed by atoms with Gasteiger partial charge in [-0.05, 0) is 20.4 Å². The van der Waals surface area contributed by atoms with Crippen LogP contribution in [0.3, 0.4) is 0 Å². The van der Waals surface area contributed by atoms with E-state index in [1.807, 2.05) is 18.9 Å². The average molecular weight is 294 g/mol. The summed E-state index contributed by atoms with van der Waals surface area (Å²) in [4.78, 5) is 20.8. The zero-order valence-corrected chi connectivity index (χ0v) is 12.8. The van der Waals surface area contributed by atoms with E-state index in [4.69, 9.17) is 9.26 Å². The Labute approximate surface area is 124 Å².